The smallest absolute Gasteiger partial charge is 0.148 e. The number of sulfone groups is 1. The van der Waals surface area contributed by atoms with E-state index in [2.05, 4.69) is 9.59 Å². The number of halogens is 1. The first-order valence-electron chi connectivity index (χ1n) is 4.21. The molecule has 0 atom stereocenters. The van der Waals surface area contributed by atoms with E-state index in [-0.39, 0.29) is 5.75 Å². The molecule has 15 heavy (non-hydrogen) atoms. The molecule has 0 aliphatic carbocycles. The van der Waals surface area contributed by atoms with Crippen LogP contribution in [-0.2, 0) is 16.4 Å². The normalized spacial score (nSPS) is 12.3. The summed E-state index contributed by atoms with van der Waals surface area (Å²) in [5, 5.41) is 3.85. The third kappa shape index (κ3) is 4.87. The van der Waals surface area contributed by atoms with Crippen molar-refractivity contribution in [2.24, 2.45) is 0 Å². The molecule has 1 heterocycles. The Bertz CT molecular complexity index is 418. The van der Waals surface area contributed by atoms with Crippen molar-refractivity contribution in [2.75, 3.05) is 25.6 Å². The summed E-state index contributed by atoms with van der Waals surface area (Å²) in [7, 11) is -1.10. The van der Waals surface area contributed by atoms with Crippen LogP contribution in [0.15, 0.2) is 0 Å². The molecule has 8 heteroatoms. The van der Waals surface area contributed by atoms with Crippen LogP contribution in [0.2, 0.25) is 4.34 Å². The number of hydrogen-bond donors (Lipinski definition) is 0. The summed E-state index contributed by atoms with van der Waals surface area (Å²) < 4.78 is 26.1. The number of nitrogens with zero attached hydrogens (tertiary/aromatic N) is 3. The third-order valence-electron chi connectivity index (χ3n) is 1.77. The standard InChI is InChI=1S/C7H12ClN3O2S2/c1-11(3-4-15(2,12)13)5-6-7(8)14-10-9-6/h3-5H2,1-2H3. The van der Waals surface area contributed by atoms with Crippen LogP contribution in [0.4, 0.5) is 0 Å². The molecule has 0 N–H and O–H groups in total. The van der Waals surface area contributed by atoms with E-state index in [1.54, 1.807) is 0 Å². The number of hydrogen-bond acceptors (Lipinski definition) is 6. The quantitative estimate of drug-likeness (QED) is 0.786. The van der Waals surface area contributed by atoms with Crippen molar-refractivity contribution in [2.45, 2.75) is 6.54 Å². The van der Waals surface area contributed by atoms with Gasteiger partial charge in [0.05, 0.1) is 5.75 Å². The minimum atomic E-state index is -2.92. The Morgan fingerprint density at radius 1 is 1.53 bits per heavy atom. The van der Waals surface area contributed by atoms with Crippen LogP contribution < -0.4 is 0 Å². The van der Waals surface area contributed by atoms with Crippen LogP contribution in [0.25, 0.3) is 0 Å². The van der Waals surface area contributed by atoms with E-state index in [1.807, 2.05) is 11.9 Å². The molecule has 1 aromatic heterocycles. The highest BCUT2D eigenvalue weighted by Crippen LogP contribution is 2.18. The first-order valence-corrected chi connectivity index (χ1v) is 7.42. The molecular weight excluding hydrogens is 258 g/mol. The molecule has 0 saturated heterocycles. The Hall–Kier alpha value is -0.240. The Morgan fingerprint density at radius 3 is 2.67 bits per heavy atom. The van der Waals surface area contributed by atoms with Gasteiger partial charge in [-0.3, -0.25) is 4.90 Å². The van der Waals surface area contributed by atoms with Crippen molar-refractivity contribution in [1.82, 2.24) is 14.5 Å². The second-order valence-electron chi connectivity index (χ2n) is 3.36. The zero-order valence-electron chi connectivity index (χ0n) is 8.47. The van der Waals surface area contributed by atoms with Crippen LogP contribution in [0, 0.1) is 0 Å². The van der Waals surface area contributed by atoms with Crippen molar-refractivity contribution < 1.29 is 8.42 Å². The van der Waals surface area contributed by atoms with Crippen LogP contribution in [-0.4, -0.2) is 48.5 Å². The molecule has 0 radical (unpaired) electrons. The third-order valence-corrected chi connectivity index (χ3v) is 3.68. The maximum Gasteiger partial charge on any atom is 0.148 e. The van der Waals surface area contributed by atoms with Gasteiger partial charge in [-0.1, -0.05) is 16.1 Å². The van der Waals surface area contributed by atoms with Crippen molar-refractivity contribution >= 4 is 33.0 Å². The van der Waals surface area contributed by atoms with E-state index in [9.17, 15) is 8.42 Å². The predicted octanol–water partition coefficient (Wildman–Crippen LogP) is 0.668. The fraction of sp³-hybridized carbons (Fsp3) is 0.714. The van der Waals surface area contributed by atoms with Gasteiger partial charge in [-0.25, -0.2) is 8.42 Å². The summed E-state index contributed by atoms with van der Waals surface area (Å²) in [6, 6.07) is 0. The molecule has 1 aromatic rings. The largest absolute Gasteiger partial charge is 0.299 e. The van der Waals surface area contributed by atoms with Crippen LogP contribution in [0.3, 0.4) is 0 Å². The van der Waals surface area contributed by atoms with Gasteiger partial charge in [0.25, 0.3) is 0 Å². The first kappa shape index (κ1) is 12.8. The summed E-state index contributed by atoms with van der Waals surface area (Å²) in [5.74, 6) is 0.138. The Morgan fingerprint density at radius 2 is 2.20 bits per heavy atom. The van der Waals surface area contributed by atoms with Crippen LogP contribution >= 0.6 is 23.1 Å². The lowest BCUT2D eigenvalue weighted by molar-refractivity contribution is 0.342. The molecule has 86 valence electrons. The lowest BCUT2D eigenvalue weighted by Crippen LogP contribution is -2.25. The highest BCUT2D eigenvalue weighted by molar-refractivity contribution is 7.90. The highest BCUT2D eigenvalue weighted by Gasteiger charge is 2.10. The molecule has 0 amide bonds. The zero-order chi connectivity index (χ0) is 11.5. The zero-order valence-corrected chi connectivity index (χ0v) is 10.9. The van der Waals surface area contributed by atoms with Gasteiger partial charge in [-0.2, -0.15) is 0 Å². The molecule has 0 aromatic carbocycles. The minimum absolute atomic E-state index is 0.138. The summed E-state index contributed by atoms with van der Waals surface area (Å²) in [5.41, 5.74) is 0.692. The van der Waals surface area contributed by atoms with Gasteiger partial charge in [0.15, 0.2) is 0 Å². The van der Waals surface area contributed by atoms with Crippen LogP contribution in [0.1, 0.15) is 5.69 Å². The summed E-state index contributed by atoms with van der Waals surface area (Å²) in [4.78, 5) is 1.85. The van der Waals surface area contributed by atoms with E-state index in [1.165, 1.54) is 6.26 Å². The van der Waals surface area contributed by atoms with E-state index in [0.717, 1.165) is 11.5 Å². The second-order valence-corrected chi connectivity index (χ2v) is 6.98. The topological polar surface area (TPSA) is 63.2 Å². The monoisotopic (exact) mass is 269 g/mol. The number of aromatic nitrogens is 2. The minimum Gasteiger partial charge on any atom is -0.299 e. The predicted molar refractivity (Wildman–Crippen MR) is 61.0 cm³/mol. The molecule has 0 aliphatic heterocycles. The Kier molecular flexibility index (Phi) is 4.45. The van der Waals surface area contributed by atoms with Crippen molar-refractivity contribution in [1.29, 1.82) is 0 Å². The van der Waals surface area contributed by atoms with Gasteiger partial charge in [0.1, 0.15) is 19.9 Å². The molecule has 0 unspecified atom stereocenters. The molecular formula is C7H12ClN3O2S2. The molecule has 1 rings (SSSR count). The van der Waals surface area contributed by atoms with Crippen molar-refractivity contribution in [3.05, 3.63) is 10.0 Å². The average Bonchev–Trinajstić information content (AvgIpc) is 2.47. The van der Waals surface area contributed by atoms with E-state index in [0.29, 0.717) is 23.1 Å². The number of rotatable bonds is 5. The molecule has 0 bridgehead atoms. The molecule has 5 nitrogen and oxygen atoms in total. The highest BCUT2D eigenvalue weighted by atomic mass is 35.5. The van der Waals surface area contributed by atoms with E-state index >= 15 is 0 Å². The van der Waals surface area contributed by atoms with Gasteiger partial charge in [0.2, 0.25) is 0 Å². The van der Waals surface area contributed by atoms with Crippen molar-refractivity contribution in [3.63, 3.8) is 0 Å². The first-order chi connectivity index (χ1) is 6.88. The van der Waals surface area contributed by atoms with Gasteiger partial charge in [-0.15, -0.1) is 5.10 Å². The van der Waals surface area contributed by atoms with Gasteiger partial charge < -0.3 is 0 Å². The fourth-order valence-corrected chi connectivity index (χ4v) is 2.20. The lowest BCUT2D eigenvalue weighted by atomic mass is 10.4. The molecule has 0 aliphatic rings. The van der Waals surface area contributed by atoms with Gasteiger partial charge >= 0.3 is 0 Å². The lowest BCUT2D eigenvalue weighted by Gasteiger charge is -2.13. The molecule has 0 fully saturated rings. The van der Waals surface area contributed by atoms with Crippen molar-refractivity contribution in [3.8, 4) is 0 Å². The SMILES string of the molecule is CN(CCS(C)(=O)=O)Cc1nnsc1Cl. The maximum atomic E-state index is 10.9. The van der Waals surface area contributed by atoms with Crippen LogP contribution in [0.5, 0.6) is 0 Å². The summed E-state index contributed by atoms with van der Waals surface area (Å²) >= 11 is 6.95. The maximum absolute atomic E-state index is 10.9. The summed E-state index contributed by atoms with van der Waals surface area (Å²) in [6.07, 6.45) is 1.22. The molecule has 0 saturated carbocycles. The Labute approximate surface area is 98.1 Å². The van der Waals surface area contributed by atoms with Gasteiger partial charge in [0, 0.05) is 30.9 Å². The van der Waals surface area contributed by atoms with Gasteiger partial charge in [-0.05, 0) is 7.05 Å². The van der Waals surface area contributed by atoms with E-state index < -0.39 is 9.84 Å². The second kappa shape index (κ2) is 5.20. The molecule has 0 spiro atoms. The Balaban J connectivity index is 2.43. The van der Waals surface area contributed by atoms with E-state index in [4.69, 9.17) is 11.6 Å². The summed E-state index contributed by atoms with van der Waals surface area (Å²) in [6.45, 7) is 0.984. The average molecular weight is 270 g/mol. The fourth-order valence-electron chi connectivity index (χ4n) is 0.948.